The van der Waals surface area contributed by atoms with Crippen molar-refractivity contribution >= 4 is 11.6 Å². The first-order chi connectivity index (χ1) is 9.04. The molecule has 0 aromatic heterocycles. The minimum atomic E-state index is 0.0483. The molecule has 0 amide bonds. The van der Waals surface area contributed by atoms with E-state index < -0.39 is 0 Å². The van der Waals surface area contributed by atoms with E-state index in [2.05, 4.69) is 18.7 Å². The van der Waals surface area contributed by atoms with E-state index in [-0.39, 0.29) is 6.04 Å². The van der Waals surface area contributed by atoms with Crippen LogP contribution in [0.5, 0.6) is 0 Å². The van der Waals surface area contributed by atoms with Crippen LogP contribution in [0.15, 0.2) is 24.3 Å². The predicted molar refractivity (Wildman–Crippen MR) is 79.4 cm³/mol. The molecule has 1 aromatic carbocycles. The number of nitrogens with two attached hydrogens (primary N) is 1. The van der Waals surface area contributed by atoms with E-state index in [1.807, 2.05) is 24.3 Å². The lowest BCUT2D eigenvalue weighted by atomic mass is 10.0. The van der Waals surface area contributed by atoms with Crippen LogP contribution in [0.2, 0.25) is 5.02 Å². The normalized spacial score (nSPS) is 26.3. The van der Waals surface area contributed by atoms with Gasteiger partial charge in [0.15, 0.2) is 0 Å². The van der Waals surface area contributed by atoms with Crippen molar-refractivity contribution in [1.82, 2.24) is 4.90 Å². The van der Waals surface area contributed by atoms with Crippen molar-refractivity contribution in [1.29, 1.82) is 0 Å². The molecule has 2 N–H and O–H groups in total. The highest BCUT2D eigenvalue weighted by molar-refractivity contribution is 6.30. The van der Waals surface area contributed by atoms with Gasteiger partial charge >= 0.3 is 0 Å². The van der Waals surface area contributed by atoms with Gasteiger partial charge in [-0.25, -0.2) is 0 Å². The van der Waals surface area contributed by atoms with Crippen molar-refractivity contribution in [3.05, 3.63) is 34.9 Å². The molecule has 1 unspecified atom stereocenters. The summed E-state index contributed by atoms with van der Waals surface area (Å²) < 4.78 is 5.73. The lowest BCUT2D eigenvalue weighted by molar-refractivity contribution is -0.0684. The maximum absolute atomic E-state index is 6.23. The average Bonchev–Trinajstić information content (AvgIpc) is 2.35. The molecule has 0 aliphatic carbocycles. The Morgan fingerprint density at radius 2 is 2.05 bits per heavy atom. The molecule has 1 fully saturated rings. The van der Waals surface area contributed by atoms with E-state index in [1.165, 1.54) is 0 Å². The fourth-order valence-electron chi connectivity index (χ4n) is 2.69. The molecule has 1 aliphatic rings. The number of benzene rings is 1. The van der Waals surface area contributed by atoms with E-state index in [0.29, 0.717) is 12.2 Å². The molecule has 106 valence electrons. The Morgan fingerprint density at radius 3 is 2.68 bits per heavy atom. The Hall–Kier alpha value is -0.610. The number of ether oxygens (including phenoxy) is 1. The van der Waals surface area contributed by atoms with Crippen LogP contribution < -0.4 is 5.73 Å². The summed E-state index contributed by atoms with van der Waals surface area (Å²) in [7, 11) is 0. The molecule has 1 heterocycles. The fourth-order valence-corrected chi connectivity index (χ4v) is 2.89. The third-order valence-corrected chi connectivity index (χ3v) is 3.76. The summed E-state index contributed by atoms with van der Waals surface area (Å²) in [5.41, 5.74) is 7.35. The summed E-state index contributed by atoms with van der Waals surface area (Å²) in [5.74, 6) is 0. The molecule has 0 radical (unpaired) electrons. The molecular weight excluding hydrogens is 260 g/mol. The minimum absolute atomic E-state index is 0.0483. The quantitative estimate of drug-likeness (QED) is 0.923. The summed E-state index contributed by atoms with van der Waals surface area (Å²) in [6, 6.07) is 7.88. The summed E-state index contributed by atoms with van der Waals surface area (Å²) >= 11 is 5.99. The van der Waals surface area contributed by atoms with E-state index >= 15 is 0 Å². The first kappa shape index (κ1) is 14.8. The van der Waals surface area contributed by atoms with E-state index in [1.54, 1.807) is 0 Å². The molecule has 1 aliphatic heterocycles. The predicted octanol–water partition coefficient (Wildman–Crippen LogP) is 2.84. The molecule has 0 saturated carbocycles. The molecule has 3 nitrogen and oxygen atoms in total. The van der Waals surface area contributed by atoms with Crippen LogP contribution in [0.1, 0.15) is 31.9 Å². The standard InChI is InChI=1S/C15H23ClN2O/c1-11-9-18(10-12(2)19-11)7-6-15(17)13-4-3-5-14(16)8-13/h3-5,8,11-12,15H,6-7,9-10,17H2,1-2H3/t11-,12+,15?. The molecular formula is C15H23ClN2O. The summed E-state index contributed by atoms with van der Waals surface area (Å²) in [6.45, 7) is 7.24. The van der Waals surface area contributed by atoms with Gasteiger partial charge in [-0.1, -0.05) is 23.7 Å². The first-order valence-corrected chi connectivity index (χ1v) is 7.31. The Balaban J connectivity index is 1.84. The van der Waals surface area contributed by atoms with E-state index in [4.69, 9.17) is 22.1 Å². The van der Waals surface area contributed by atoms with Crippen molar-refractivity contribution in [3.8, 4) is 0 Å². The van der Waals surface area contributed by atoms with Gasteiger partial charge in [0.1, 0.15) is 0 Å². The van der Waals surface area contributed by atoms with Gasteiger partial charge in [0.25, 0.3) is 0 Å². The topological polar surface area (TPSA) is 38.5 Å². The summed E-state index contributed by atoms with van der Waals surface area (Å²) in [6.07, 6.45) is 1.57. The van der Waals surface area contributed by atoms with Gasteiger partial charge in [-0.2, -0.15) is 0 Å². The zero-order chi connectivity index (χ0) is 13.8. The Labute approximate surface area is 120 Å². The van der Waals surface area contributed by atoms with Crippen LogP contribution in [-0.2, 0) is 4.74 Å². The highest BCUT2D eigenvalue weighted by atomic mass is 35.5. The Morgan fingerprint density at radius 1 is 1.37 bits per heavy atom. The van der Waals surface area contributed by atoms with Crippen molar-refractivity contribution < 1.29 is 4.74 Å². The highest BCUT2D eigenvalue weighted by Gasteiger charge is 2.22. The van der Waals surface area contributed by atoms with Crippen LogP contribution in [0.3, 0.4) is 0 Å². The Kier molecular flexibility index (Phi) is 5.22. The smallest absolute Gasteiger partial charge is 0.0678 e. The monoisotopic (exact) mass is 282 g/mol. The first-order valence-electron chi connectivity index (χ1n) is 6.93. The number of nitrogens with zero attached hydrogens (tertiary/aromatic N) is 1. The molecule has 19 heavy (non-hydrogen) atoms. The molecule has 1 saturated heterocycles. The number of hydrogen-bond acceptors (Lipinski definition) is 3. The lowest BCUT2D eigenvalue weighted by Crippen LogP contribution is -2.46. The molecule has 2 rings (SSSR count). The minimum Gasteiger partial charge on any atom is -0.373 e. The van der Waals surface area contributed by atoms with Gasteiger partial charge in [0, 0.05) is 30.7 Å². The van der Waals surface area contributed by atoms with Gasteiger partial charge in [-0.05, 0) is 38.0 Å². The van der Waals surface area contributed by atoms with Crippen molar-refractivity contribution in [2.45, 2.75) is 38.5 Å². The molecule has 0 spiro atoms. The van der Waals surface area contributed by atoms with Gasteiger partial charge in [0.05, 0.1) is 12.2 Å². The van der Waals surface area contributed by atoms with Crippen molar-refractivity contribution in [2.75, 3.05) is 19.6 Å². The van der Waals surface area contributed by atoms with Gasteiger partial charge in [-0.3, -0.25) is 4.90 Å². The summed E-state index contributed by atoms with van der Waals surface area (Å²) in [5, 5.41) is 0.751. The molecule has 4 heteroatoms. The van der Waals surface area contributed by atoms with E-state index in [9.17, 15) is 0 Å². The SMILES string of the molecule is C[C@@H]1CN(CCC(N)c2cccc(Cl)c2)C[C@H](C)O1. The van der Waals surface area contributed by atoms with Crippen LogP contribution in [0.4, 0.5) is 0 Å². The zero-order valence-corrected chi connectivity index (χ0v) is 12.4. The molecule has 1 aromatic rings. The second-order valence-electron chi connectivity index (χ2n) is 5.47. The van der Waals surface area contributed by atoms with Crippen LogP contribution >= 0.6 is 11.6 Å². The second-order valence-corrected chi connectivity index (χ2v) is 5.90. The van der Waals surface area contributed by atoms with Gasteiger partial charge < -0.3 is 10.5 Å². The highest BCUT2D eigenvalue weighted by Crippen LogP contribution is 2.19. The van der Waals surface area contributed by atoms with Gasteiger partial charge in [0.2, 0.25) is 0 Å². The maximum Gasteiger partial charge on any atom is 0.0678 e. The number of morpholine rings is 1. The lowest BCUT2D eigenvalue weighted by Gasteiger charge is -2.35. The Bertz CT molecular complexity index is 403. The van der Waals surface area contributed by atoms with Crippen LogP contribution in [0.25, 0.3) is 0 Å². The number of hydrogen-bond donors (Lipinski definition) is 1. The van der Waals surface area contributed by atoms with Crippen molar-refractivity contribution in [3.63, 3.8) is 0 Å². The third-order valence-electron chi connectivity index (χ3n) is 3.53. The van der Waals surface area contributed by atoms with E-state index in [0.717, 1.165) is 36.6 Å². The summed E-state index contributed by atoms with van der Waals surface area (Å²) in [4.78, 5) is 2.43. The maximum atomic E-state index is 6.23. The zero-order valence-electron chi connectivity index (χ0n) is 11.7. The van der Waals surface area contributed by atoms with Crippen molar-refractivity contribution in [2.24, 2.45) is 5.73 Å². The van der Waals surface area contributed by atoms with Gasteiger partial charge in [-0.15, -0.1) is 0 Å². The number of rotatable bonds is 4. The number of halogens is 1. The van der Waals surface area contributed by atoms with Crippen LogP contribution in [-0.4, -0.2) is 36.7 Å². The largest absolute Gasteiger partial charge is 0.373 e. The molecule has 0 bridgehead atoms. The van der Waals surface area contributed by atoms with Crippen LogP contribution in [0, 0.1) is 0 Å². The third kappa shape index (κ3) is 4.46. The average molecular weight is 283 g/mol. The second kappa shape index (κ2) is 6.71. The molecule has 3 atom stereocenters. The fraction of sp³-hybridized carbons (Fsp3) is 0.600.